The Morgan fingerprint density at radius 3 is 2.80 bits per heavy atom. The van der Waals surface area contributed by atoms with Crippen molar-refractivity contribution in [3.05, 3.63) is 36.5 Å². The lowest BCUT2D eigenvalue weighted by Crippen LogP contribution is -1.93. The van der Waals surface area contributed by atoms with Crippen LogP contribution in [0.3, 0.4) is 0 Å². The zero-order valence-electron chi connectivity index (χ0n) is 5.79. The van der Waals surface area contributed by atoms with E-state index in [2.05, 4.69) is 11.9 Å². The largest absolute Gasteiger partial charge is 0.294 e. The van der Waals surface area contributed by atoms with Crippen molar-refractivity contribution >= 4 is 5.78 Å². The lowest BCUT2D eigenvalue weighted by atomic mass is 10.2. The predicted molar refractivity (Wildman–Crippen MR) is 38.7 cm³/mol. The zero-order chi connectivity index (χ0) is 7.56. The van der Waals surface area contributed by atoms with Crippen molar-refractivity contribution in [2.75, 3.05) is 0 Å². The van der Waals surface area contributed by atoms with Crippen molar-refractivity contribution in [3.8, 4) is 0 Å². The molecule has 10 heavy (non-hydrogen) atoms. The van der Waals surface area contributed by atoms with E-state index in [9.17, 15) is 4.79 Å². The van der Waals surface area contributed by atoms with E-state index in [0.29, 0.717) is 5.56 Å². The molecule has 0 saturated carbocycles. The van der Waals surface area contributed by atoms with Crippen LogP contribution >= 0.6 is 0 Å². The Bertz CT molecular complexity index is 255. The van der Waals surface area contributed by atoms with E-state index in [4.69, 9.17) is 0 Å². The SMILES string of the molecule is [CH2]C(=O)c1ccnc(C)c1. The maximum absolute atomic E-state index is 10.7. The normalized spacial score (nSPS) is 9.40. The first-order chi connectivity index (χ1) is 4.70. The lowest BCUT2D eigenvalue weighted by Gasteiger charge is -1.93. The van der Waals surface area contributed by atoms with Crippen molar-refractivity contribution < 1.29 is 4.79 Å². The molecule has 0 aliphatic carbocycles. The summed E-state index contributed by atoms with van der Waals surface area (Å²) in [7, 11) is 0. The molecule has 1 radical (unpaired) electrons. The van der Waals surface area contributed by atoms with Crippen LogP contribution in [0.5, 0.6) is 0 Å². The molecule has 0 N–H and O–H groups in total. The summed E-state index contributed by atoms with van der Waals surface area (Å²) in [6.45, 7) is 5.12. The van der Waals surface area contributed by atoms with Gasteiger partial charge in [0.25, 0.3) is 0 Å². The van der Waals surface area contributed by atoms with Crippen molar-refractivity contribution in [2.45, 2.75) is 6.92 Å². The number of nitrogens with zero attached hydrogens (tertiary/aromatic N) is 1. The molecule has 0 spiro atoms. The molecule has 2 nitrogen and oxygen atoms in total. The highest BCUT2D eigenvalue weighted by Crippen LogP contribution is 2.00. The Morgan fingerprint density at radius 2 is 2.40 bits per heavy atom. The molecular formula is C8H8NO. The van der Waals surface area contributed by atoms with Gasteiger partial charge < -0.3 is 0 Å². The van der Waals surface area contributed by atoms with E-state index in [1.54, 1.807) is 18.3 Å². The number of aryl methyl sites for hydroxylation is 1. The number of hydrogen-bond acceptors (Lipinski definition) is 2. The molecular weight excluding hydrogens is 126 g/mol. The fraction of sp³-hybridized carbons (Fsp3) is 0.125. The first kappa shape index (κ1) is 6.93. The number of rotatable bonds is 1. The summed E-state index contributed by atoms with van der Waals surface area (Å²) in [6, 6.07) is 3.37. The molecule has 0 unspecified atom stereocenters. The Kier molecular flexibility index (Phi) is 1.81. The van der Waals surface area contributed by atoms with Crippen molar-refractivity contribution in [1.82, 2.24) is 4.98 Å². The van der Waals surface area contributed by atoms with Gasteiger partial charge >= 0.3 is 0 Å². The minimum Gasteiger partial charge on any atom is -0.294 e. The van der Waals surface area contributed by atoms with Gasteiger partial charge in [-0.15, -0.1) is 0 Å². The minimum absolute atomic E-state index is 0.162. The molecule has 1 rings (SSSR count). The van der Waals surface area contributed by atoms with Crippen LogP contribution in [-0.2, 0) is 0 Å². The number of hydrogen-bond donors (Lipinski definition) is 0. The molecule has 0 aliphatic rings. The number of aromatic nitrogens is 1. The van der Waals surface area contributed by atoms with Gasteiger partial charge in [-0.1, -0.05) is 0 Å². The Hall–Kier alpha value is -1.18. The van der Waals surface area contributed by atoms with Gasteiger partial charge in [0.1, 0.15) is 0 Å². The van der Waals surface area contributed by atoms with Gasteiger partial charge in [-0.05, 0) is 19.1 Å². The van der Waals surface area contributed by atoms with Crippen LogP contribution in [0, 0.1) is 13.8 Å². The summed E-state index contributed by atoms with van der Waals surface area (Å²) in [4.78, 5) is 14.6. The molecule has 2 heteroatoms. The standard InChI is InChI=1S/C8H8NO/c1-6-5-8(7(2)10)3-4-9-6/h3-5H,2H2,1H3. The summed E-state index contributed by atoms with van der Waals surface area (Å²) in [5.74, 6) is -0.162. The molecule has 0 aromatic carbocycles. The highest BCUT2D eigenvalue weighted by atomic mass is 16.1. The van der Waals surface area contributed by atoms with E-state index in [-0.39, 0.29) is 5.78 Å². The van der Waals surface area contributed by atoms with Gasteiger partial charge in [0.15, 0.2) is 5.78 Å². The minimum atomic E-state index is -0.162. The first-order valence-corrected chi connectivity index (χ1v) is 2.99. The summed E-state index contributed by atoms with van der Waals surface area (Å²) < 4.78 is 0. The third-order valence-electron chi connectivity index (χ3n) is 1.22. The number of pyridine rings is 1. The van der Waals surface area contributed by atoms with Gasteiger partial charge in [-0.25, -0.2) is 0 Å². The summed E-state index contributed by atoms with van der Waals surface area (Å²) in [6.07, 6.45) is 1.60. The van der Waals surface area contributed by atoms with Crippen molar-refractivity contribution in [3.63, 3.8) is 0 Å². The quantitative estimate of drug-likeness (QED) is 0.543. The topological polar surface area (TPSA) is 30.0 Å². The maximum atomic E-state index is 10.7. The van der Waals surface area contributed by atoms with Crippen LogP contribution < -0.4 is 0 Å². The maximum Gasteiger partial charge on any atom is 0.163 e. The van der Waals surface area contributed by atoms with Gasteiger partial charge in [0.2, 0.25) is 0 Å². The van der Waals surface area contributed by atoms with Gasteiger partial charge in [-0.2, -0.15) is 0 Å². The summed E-state index contributed by atoms with van der Waals surface area (Å²) >= 11 is 0. The van der Waals surface area contributed by atoms with E-state index in [1.807, 2.05) is 6.92 Å². The summed E-state index contributed by atoms with van der Waals surface area (Å²) in [5, 5.41) is 0. The molecule has 0 saturated heterocycles. The highest BCUT2D eigenvalue weighted by Gasteiger charge is 1.96. The molecule has 1 aromatic heterocycles. The van der Waals surface area contributed by atoms with E-state index in [0.717, 1.165) is 5.69 Å². The number of carbonyl (C=O) groups excluding carboxylic acids is 1. The monoisotopic (exact) mass is 134 g/mol. The number of ketones is 1. The lowest BCUT2D eigenvalue weighted by molar-refractivity contribution is 0.104. The second-order valence-corrected chi connectivity index (χ2v) is 2.11. The molecule has 51 valence electrons. The second kappa shape index (κ2) is 2.60. The molecule has 1 heterocycles. The fourth-order valence-electron chi connectivity index (χ4n) is 0.719. The van der Waals surface area contributed by atoms with Crippen LogP contribution in [-0.4, -0.2) is 10.8 Å². The number of Topliss-reactive ketones (excluding diaryl/α,β-unsaturated/α-hetero) is 1. The second-order valence-electron chi connectivity index (χ2n) is 2.11. The average molecular weight is 134 g/mol. The van der Waals surface area contributed by atoms with Crippen LogP contribution in [0.4, 0.5) is 0 Å². The van der Waals surface area contributed by atoms with E-state index >= 15 is 0 Å². The van der Waals surface area contributed by atoms with E-state index < -0.39 is 0 Å². The predicted octanol–water partition coefficient (Wildman–Crippen LogP) is 1.41. The average Bonchev–Trinajstić information content (AvgIpc) is 1.88. The Balaban J connectivity index is 3.07. The Morgan fingerprint density at radius 1 is 1.70 bits per heavy atom. The highest BCUT2D eigenvalue weighted by molar-refractivity contribution is 5.99. The molecule has 1 aromatic rings. The summed E-state index contributed by atoms with van der Waals surface area (Å²) in [5.41, 5.74) is 1.46. The molecule has 0 aliphatic heterocycles. The van der Waals surface area contributed by atoms with Crippen molar-refractivity contribution in [2.24, 2.45) is 0 Å². The smallest absolute Gasteiger partial charge is 0.163 e. The van der Waals surface area contributed by atoms with Gasteiger partial charge in [0.05, 0.1) is 0 Å². The first-order valence-electron chi connectivity index (χ1n) is 2.99. The third-order valence-corrected chi connectivity index (χ3v) is 1.22. The van der Waals surface area contributed by atoms with Crippen molar-refractivity contribution in [1.29, 1.82) is 0 Å². The zero-order valence-corrected chi connectivity index (χ0v) is 5.79. The third kappa shape index (κ3) is 1.41. The van der Waals surface area contributed by atoms with Crippen LogP contribution in [0.25, 0.3) is 0 Å². The molecule has 0 bridgehead atoms. The van der Waals surface area contributed by atoms with Gasteiger partial charge in [-0.3, -0.25) is 9.78 Å². The van der Waals surface area contributed by atoms with Crippen LogP contribution in [0.2, 0.25) is 0 Å². The molecule has 0 fully saturated rings. The number of carbonyl (C=O) groups is 1. The van der Waals surface area contributed by atoms with Crippen LogP contribution in [0.15, 0.2) is 18.3 Å². The molecule has 0 amide bonds. The fourth-order valence-corrected chi connectivity index (χ4v) is 0.719. The van der Waals surface area contributed by atoms with E-state index in [1.165, 1.54) is 0 Å². The Labute approximate surface area is 59.9 Å². The molecule has 0 atom stereocenters. The van der Waals surface area contributed by atoms with Crippen LogP contribution in [0.1, 0.15) is 16.1 Å². The van der Waals surface area contributed by atoms with Gasteiger partial charge in [0, 0.05) is 24.4 Å².